The van der Waals surface area contributed by atoms with E-state index < -0.39 is 0 Å². The van der Waals surface area contributed by atoms with E-state index in [1.165, 1.54) is 22.0 Å². The number of rotatable bonds is 5. The highest BCUT2D eigenvalue weighted by molar-refractivity contribution is 5.95. The summed E-state index contributed by atoms with van der Waals surface area (Å²) in [6.45, 7) is 3.02. The van der Waals surface area contributed by atoms with Crippen LogP contribution in [0.15, 0.2) is 54.7 Å². The fraction of sp³-hybridized carbons (Fsp3) is 0.448. The molecule has 4 heterocycles. The lowest BCUT2D eigenvalue weighted by Crippen LogP contribution is -2.49. The van der Waals surface area contributed by atoms with Gasteiger partial charge in [0.1, 0.15) is 6.04 Å². The first kappa shape index (κ1) is 23.3. The van der Waals surface area contributed by atoms with Crippen LogP contribution in [0.2, 0.25) is 0 Å². The molecule has 7 heteroatoms. The Labute approximate surface area is 212 Å². The van der Waals surface area contributed by atoms with Crippen molar-refractivity contribution in [3.05, 3.63) is 65.9 Å². The van der Waals surface area contributed by atoms with Crippen molar-refractivity contribution >= 4 is 28.4 Å². The Hall–Kier alpha value is -3.16. The van der Waals surface area contributed by atoms with Gasteiger partial charge in [-0.1, -0.05) is 36.4 Å². The van der Waals surface area contributed by atoms with E-state index in [9.17, 15) is 9.59 Å². The summed E-state index contributed by atoms with van der Waals surface area (Å²) in [5, 5.41) is 4.47. The summed E-state index contributed by atoms with van der Waals surface area (Å²) >= 11 is 0. The van der Waals surface area contributed by atoms with E-state index in [4.69, 9.17) is 0 Å². The van der Waals surface area contributed by atoms with Gasteiger partial charge in [-0.3, -0.25) is 19.4 Å². The molecular weight excluding hydrogens is 450 g/mol. The van der Waals surface area contributed by atoms with Crippen LogP contribution in [0.25, 0.3) is 10.9 Å². The number of likely N-dealkylation sites (N-methyl/N-ethyl adjacent to an activating group) is 1. The van der Waals surface area contributed by atoms with Crippen molar-refractivity contribution in [2.75, 3.05) is 31.6 Å². The lowest BCUT2D eigenvalue weighted by atomic mass is 10.0. The lowest BCUT2D eigenvalue weighted by molar-refractivity contribution is -0.126. The Morgan fingerprint density at radius 1 is 1.06 bits per heavy atom. The zero-order valence-corrected chi connectivity index (χ0v) is 21.2. The minimum atomic E-state index is -0.167. The molecule has 0 aliphatic carbocycles. The standard InChI is InChI=1S/C29H35N5O2/c1-31-18-21(23-8-4-6-10-25(23)31)19-33-15-14-26-28(33)29(36)30-17-22(32(26)2)11-12-27(35)34-16-13-20-7-3-5-9-24(20)34/h3-10,18,22,26,28H,11-17,19H2,1-2H3,(H,30,36). The number of fused-ring (bicyclic) bond motifs is 3. The van der Waals surface area contributed by atoms with Gasteiger partial charge in [0.2, 0.25) is 11.8 Å². The zero-order chi connectivity index (χ0) is 24.8. The molecule has 2 aromatic carbocycles. The number of hydrogen-bond acceptors (Lipinski definition) is 4. The Morgan fingerprint density at radius 3 is 2.75 bits per heavy atom. The van der Waals surface area contributed by atoms with Crippen LogP contribution in [-0.2, 0) is 29.6 Å². The number of carbonyl (C=O) groups excluding carboxylic acids is 2. The molecule has 188 valence electrons. The number of nitrogens with zero attached hydrogens (tertiary/aromatic N) is 4. The molecule has 3 atom stereocenters. The quantitative estimate of drug-likeness (QED) is 0.604. The van der Waals surface area contributed by atoms with Gasteiger partial charge in [0, 0.05) is 74.5 Å². The van der Waals surface area contributed by atoms with E-state index in [1.807, 2.05) is 23.1 Å². The van der Waals surface area contributed by atoms with Crippen molar-refractivity contribution in [2.45, 2.75) is 50.4 Å². The fourth-order valence-corrected chi connectivity index (χ4v) is 6.62. The second kappa shape index (κ2) is 9.37. The molecule has 2 amide bonds. The number of amides is 2. The van der Waals surface area contributed by atoms with Crippen molar-refractivity contribution in [1.29, 1.82) is 0 Å². The molecule has 0 bridgehead atoms. The number of aryl methyl sites for hydroxylation is 1. The Bertz CT molecular complexity index is 1300. The number of carbonyl (C=O) groups is 2. The second-order valence-electron chi connectivity index (χ2n) is 10.6. The van der Waals surface area contributed by atoms with Crippen molar-refractivity contribution in [3.63, 3.8) is 0 Å². The largest absolute Gasteiger partial charge is 0.353 e. The molecule has 3 aliphatic heterocycles. The monoisotopic (exact) mass is 485 g/mol. The molecule has 2 fully saturated rings. The first-order chi connectivity index (χ1) is 17.5. The molecule has 7 nitrogen and oxygen atoms in total. The molecule has 6 rings (SSSR count). The summed E-state index contributed by atoms with van der Waals surface area (Å²) in [6, 6.07) is 16.8. The van der Waals surface area contributed by atoms with Crippen molar-refractivity contribution in [3.8, 4) is 0 Å². The van der Waals surface area contributed by atoms with Crippen LogP contribution in [-0.4, -0.2) is 71.0 Å². The molecule has 2 saturated heterocycles. The first-order valence-electron chi connectivity index (χ1n) is 13.2. The summed E-state index contributed by atoms with van der Waals surface area (Å²) in [6.07, 6.45) is 5.33. The molecule has 1 N–H and O–H groups in total. The zero-order valence-electron chi connectivity index (χ0n) is 21.2. The van der Waals surface area contributed by atoms with Crippen LogP contribution in [0.5, 0.6) is 0 Å². The van der Waals surface area contributed by atoms with Gasteiger partial charge in [-0.25, -0.2) is 0 Å². The number of anilines is 1. The average Bonchev–Trinajstić information content (AvgIpc) is 3.57. The SMILES string of the molecule is CN1C(CCC(=O)N2CCc3ccccc32)CNC(=O)C2C1CCN2Cc1cn(C)c2ccccc12. The maximum atomic E-state index is 13.3. The van der Waals surface area contributed by atoms with E-state index in [1.54, 1.807) is 0 Å². The summed E-state index contributed by atoms with van der Waals surface area (Å²) in [7, 11) is 4.22. The first-order valence-corrected chi connectivity index (χ1v) is 13.2. The van der Waals surface area contributed by atoms with Crippen LogP contribution in [0, 0.1) is 0 Å². The molecule has 3 aromatic rings. The number of benzene rings is 2. The van der Waals surface area contributed by atoms with Crippen LogP contribution in [0.4, 0.5) is 5.69 Å². The molecule has 0 spiro atoms. The maximum absolute atomic E-state index is 13.3. The molecule has 3 unspecified atom stereocenters. The molecule has 36 heavy (non-hydrogen) atoms. The number of hydrogen-bond donors (Lipinski definition) is 1. The van der Waals surface area contributed by atoms with E-state index in [0.29, 0.717) is 13.0 Å². The fourth-order valence-electron chi connectivity index (χ4n) is 6.62. The van der Waals surface area contributed by atoms with Crippen LogP contribution in [0.1, 0.15) is 30.4 Å². The maximum Gasteiger partial charge on any atom is 0.239 e. The van der Waals surface area contributed by atoms with Gasteiger partial charge < -0.3 is 14.8 Å². The van der Waals surface area contributed by atoms with Gasteiger partial charge in [0.05, 0.1) is 0 Å². The van der Waals surface area contributed by atoms with E-state index in [0.717, 1.165) is 44.6 Å². The molecule has 3 aliphatic rings. The van der Waals surface area contributed by atoms with Gasteiger partial charge in [0.15, 0.2) is 0 Å². The minimum Gasteiger partial charge on any atom is -0.353 e. The predicted octanol–water partition coefficient (Wildman–Crippen LogP) is 2.92. The summed E-state index contributed by atoms with van der Waals surface area (Å²) in [5.74, 6) is 0.302. The van der Waals surface area contributed by atoms with E-state index in [2.05, 4.69) is 70.3 Å². The highest BCUT2D eigenvalue weighted by atomic mass is 16.2. The van der Waals surface area contributed by atoms with Crippen molar-refractivity contribution in [1.82, 2.24) is 19.7 Å². The van der Waals surface area contributed by atoms with Gasteiger partial charge in [-0.15, -0.1) is 0 Å². The van der Waals surface area contributed by atoms with Crippen LogP contribution < -0.4 is 10.2 Å². The van der Waals surface area contributed by atoms with Crippen LogP contribution in [0.3, 0.4) is 0 Å². The van der Waals surface area contributed by atoms with Crippen LogP contribution >= 0.6 is 0 Å². The average molecular weight is 486 g/mol. The van der Waals surface area contributed by atoms with Gasteiger partial charge in [-0.05, 0) is 49.6 Å². The topological polar surface area (TPSA) is 60.8 Å². The third kappa shape index (κ3) is 4.00. The normalized spacial score (nSPS) is 24.6. The minimum absolute atomic E-state index is 0.117. The second-order valence-corrected chi connectivity index (χ2v) is 10.6. The Kier molecular flexibility index (Phi) is 6.05. The third-order valence-electron chi connectivity index (χ3n) is 8.58. The summed E-state index contributed by atoms with van der Waals surface area (Å²) < 4.78 is 2.17. The predicted molar refractivity (Wildman–Crippen MR) is 142 cm³/mol. The molecular formula is C29H35N5O2. The lowest BCUT2D eigenvalue weighted by Gasteiger charge is -2.33. The summed E-state index contributed by atoms with van der Waals surface area (Å²) in [5.41, 5.74) is 4.80. The Balaban J connectivity index is 1.13. The number of aromatic nitrogens is 1. The van der Waals surface area contributed by atoms with Gasteiger partial charge in [0.25, 0.3) is 0 Å². The molecule has 0 radical (unpaired) electrons. The van der Waals surface area contributed by atoms with E-state index >= 15 is 0 Å². The van der Waals surface area contributed by atoms with Crippen molar-refractivity contribution in [2.24, 2.45) is 7.05 Å². The number of likely N-dealkylation sites (tertiary alicyclic amines) is 1. The highest BCUT2D eigenvalue weighted by Gasteiger charge is 2.45. The smallest absolute Gasteiger partial charge is 0.239 e. The number of para-hydroxylation sites is 2. The third-order valence-corrected chi connectivity index (χ3v) is 8.58. The molecule has 1 aromatic heterocycles. The number of nitrogens with one attached hydrogen (secondary N) is 1. The molecule has 0 saturated carbocycles. The van der Waals surface area contributed by atoms with E-state index in [-0.39, 0.29) is 29.9 Å². The van der Waals surface area contributed by atoms with Gasteiger partial charge in [-0.2, -0.15) is 0 Å². The Morgan fingerprint density at radius 2 is 1.86 bits per heavy atom. The van der Waals surface area contributed by atoms with Gasteiger partial charge >= 0.3 is 0 Å². The summed E-state index contributed by atoms with van der Waals surface area (Å²) in [4.78, 5) is 33.0. The highest BCUT2D eigenvalue weighted by Crippen LogP contribution is 2.32. The van der Waals surface area contributed by atoms with Crippen molar-refractivity contribution < 1.29 is 9.59 Å².